The quantitative estimate of drug-likeness (QED) is 0.559. The summed E-state index contributed by atoms with van der Waals surface area (Å²) >= 11 is 6.44. The maximum Gasteiger partial charge on any atom is 0.259 e. The van der Waals surface area contributed by atoms with Crippen molar-refractivity contribution in [3.8, 4) is 11.5 Å². The summed E-state index contributed by atoms with van der Waals surface area (Å²) in [5, 5.41) is 5.46. The topological polar surface area (TPSA) is 51.1 Å². The highest BCUT2D eigenvalue weighted by Crippen LogP contribution is 2.24. The van der Waals surface area contributed by atoms with E-state index >= 15 is 0 Å². The lowest BCUT2D eigenvalue weighted by Gasteiger charge is -2.13. The molecule has 3 rings (SSSR count). The average Bonchev–Trinajstić information content (AvgIpc) is 2.97. The van der Waals surface area contributed by atoms with Crippen LogP contribution in [0.1, 0.15) is 16.7 Å². The summed E-state index contributed by atoms with van der Waals surface area (Å²) in [6.45, 7) is 2.37. The molecular weight excluding hydrogens is 368 g/mol. The fourth-order valence-electron chi connectivity index (χ4n) is 2.45. The Bertz CT molecular complexity index is 852. The Morgan fingerprint density at radius 3 is 2.77 bits per heavy atom. The summed E-state index contributed by atoms with van der Waals surface area (Å²) in [7, 11) is 1.62. The summed E-state index contributed by atoms with van der Waals surface area (Å²) in [6.07, 6.45) is 1.62. The highest BCUT2D eigenvalue weighted by atomic mass is 32.2. The molecule has 7 heteroatoms. The SMILES string of the molecule is COc1ccc(/C=N/N2C(=O)CSC2=S)cc1COc1ccccc1C. The Labute approximate surface area is 162 Å². The van der Waals surface area contributed by atoms with E-state index in [-0.39, 0.29) is 5.91 Å². The Morgan fingerprint density at radius 2 is 2.08 bits per heavy atom. The molecule has 0 aromatic heterocycles. The predicted octanol–water partition coefficient (Wildman–Crippen LogP) is 3.78. The van der Waals surface area contributed by atoms with Crippen LogP contribution >= 0.6 is 24.0 Å². The Morgan fingerprint density at radius 1 is 1.27 bits per heavy atom. The molecule has 1 amide bonds. The molecule has 0 saturated carbocycles. The zero-order chi connectivity index (χ0) is 18.5. The van der Waals surface area contributed by atoms with Gasteiger partial charge in [-0.1, -0.05) is 42.2 Å². The smallest absolute Gasteiger partial charge is 0.259 e. The monoisotopic (exact) mass is 386 g/mol. The first-order valence-electron chi connectivity index (χ1n) is 7.97. The van der Waals surface area contributed by atoms with Crippen molar-refractivity contribution >= 4 is 40.4 Å². The molecule has 0 N–H and O–H groups in total. The average molecular weight is 386 g/mol. The van der Waals surface area contributed by atoms with Gasteiger partial charge in [0.05, 0.1) is 19.1 Å². The summed E-state index contributed by atoms with van der Waals surface area (Å²) in [4.78, 5) is 11.7. The Hall–Kier alpha value is -2.38. The summed E-state index contributed by atoms with van der Waals surface area (Å²) in [5.41, 5.74) is 2.80. The number of thiocarbonyl (C=S) groups is 1. The van der Waals surface area contributed by atoms with Crippen LogP contribution in [0.5, 0.6) is 11.5 Å². The number of carbonyl (C=O) groups excluding carboxylic acids is 1. The normalized spacial score (nSPS) is 14.3. The summed E-state index contributed by atoms with van der Waals surface area (Å²) in [6, 6.07) is 13.5. The summed E-state index contributed by atoms with van der Waals surface area (Å²) < 4.78 is 11.8. The van der Waals surface area contributed by atoms with E-state index in [1.807, 2.05) is 49.4 Å². The van der Waals surface area contributed by atoms with Crippen LogP contribution in [0.25, 0.3) is 0 Å². The maximum absolute atomic E-state index is 11.7. The number of aryl methyl sites for hydroxylation is 1. The third-order valence-corrected chi connectivity index (χ3v) is 5.17. The number of ether oxygens (including phenoxy) is 2. The molecule has 5 nitrogen and oxygen atoms in total. The van der Waals surface area contributed by atoms with Crippen LogP contribution in [-0.2, 0) is 11.4 Å². The van der Waals surface area contributed by atoms with Gasteiger partial charge in [-0.25, -0.2) is 0 Å². The van der Waals surface area contributed by atoms with Gasteiger partial charge in [-0.15, -0.1) is 0 Å². The number of amides is 1. The minimum absolute atomic E-state index is 0.104. The molecule has 0 unspecified atom stereocenters. The maximum atomic E-state index is 11.7. The van der Waals surface area contributed by atoms with E-state index in [1.54, 1.807) is 13.3 Å². The minimum atomic E-state index is -0.104. The van der Waals surface area contributed by atoms with Crippen molar-refractivity contribution in [2.75, 3.05) is 12.9 Å². The highest BCUT2D eigenvalue weighted by molar-refractivity contribution is 8.23. The van der Waals surface area contributed by atoms with Crippen molar-refractivity contribution < 1.29 is 14.3 Å². The Kier molecular flexibility index (Phi) is 5.90. The molecule has 0 radical (unpaired) electrons. The van der Waals surface area contributed by atoms with Crippen LogP contribution in [0.4, 0.5) is 0 Å². The fraction of sp³-hybridized carbons (Fsp3) is 0.211. The Balaban J connectivity index is 1.77. The van der Waals surface area contributed by atoms with Crippen LogP contribution in [0.2, 0.25) is 0 Å². The van der Waals surface area contributed by atoms with Crippen molar-refractivity contribution in [3.05, 3.63) is 59.2 Å². The molecule has 2 aromatic carbocycles. The molecule has 0 atom stereocenters. The molecule has 26 heavy (non-hydrogen) atoms. The van der Waals surface area contributed by atoms with Crippen LogP contribution < -0.4 is 9.47 Å². The molecule has 1 aliphatic rings. The molecule has 1 heterocycles. The molecule has 134 valence electrons. The zero-order valence-electron chi connectivity index (χ0n) is 14.5. The van der Waals surface area contributed by atoms with E-state index in [9.17, 15) is 4.79 Å². The van der Waals surface area contributed by atoms with Crippen molar-refractivity contribution in [2.45, 2.75) is 13.5 Å². The van der Waals surface area contributed by atoms with Gasteiger partial charge in [0.2, 0.25) is 0 Å². The fourth-order valence-corrected chi connectivity index (χ4v) is 3.42. The van der Waals surface area contributed by atoms with Crippen LogP contribution in [0, 0.1) is 6.92 Å². The van der Waals surface area contributed by atoms with Gasteiger partial charge in [0.15, 0.2) is 4.32 Å². The van der Waals surface area contributed by atoms with Crippen molar-refractivity contribution in [1.29, 1.82) is 0 Å². The van der Waals surface area contributed by atoms with Crippen molar-refractivity contribution in [2.24, 2.45) is 5.10 Å². The van der Waals surface area contributed by atoms with Crippen LogP contribution in [0.3, 0.4) is 0 Å². The number of benzene rings is 2. The van der Waals surface area contributed by atoms with Crippen LogP contribution in [0.15, 0.2) is 47.6 Å². The number of hydrogen-bond acceptors (Lipinski definition) is 6. The number of hydrazone groups is 1. The van der Waals surface area contributed by atoms with Gasteiger partial charge in [0.1, 0.15) is 18.1 Å². The molecule has 0 bridgehead atoms. The first kappa shape index (κ1) is 18.4. The molecule has 0 aliphatic carbocycles. The third-order valence-electron chi connectivity index (χ3n) is 3.83. The number of rotatable bonds is 6. The lowest BCUT2D eigenvalue weighted by Crippen LogP contribution is -2.22. The molecular formula is C19H18N2O3S2. The van der Waals surface area contributed by atoms with Gasteiger partial charge in [-0.2, -0.15) is 10.1 Å². The second-order valence-corrected chi connectivity index (χ2v) is 7.24. The second-order valence-electron chi connectivity index (χ2n) is 5.63. The predicted molar refractivity (Wildman–Crippen MR) is 108 cm³/mol. The second kappa shape index (κ2) is 8.33. The lowest BCUT2D eigenvalue weighted by atomic mass is 10.1. The minimum Gasteiger partial charge on any atom is -0.496 e. The standard InChI is InChI=1S/C19H18N2O3S2/c1-13-5-3-4-6-16(13)24-11-15-9-14(7-8-17(15)23-2)10-20-21-18(22)12-26-19(21)25/h3-10H,11-12H2,1-2H3/b20-10+. The van der Waals surface area contributed by atoms with Crippen molar-refractivity contribution in [3.63, 3.8) is 0 Å². The van der Waals surface area contributed by atoms with E-state index in [4.69, 9.17) is 21.7 Å². The van der Waals surface area contributed by atoms with E-state index < -0.39 is 0 Å². The van der Waals surface area contributed by atoms with Gasteiger partial charge >= 0.3 is 0 Å². The van der Waals surface area contributed by atoms with Gasteiger partial charge in [-0.3, -0.25) is 4.79 Å². The van der Waals surface area contributed by atoms with Gasteiger partial charge in [0, 0.05) is 5.56 Å². The first-order valence-corrected chi connectivity index (χ1v) is 9.37. The molecule has 0 spiro atoms. The van der Waals surface area contributed by atoms with Crippen molar-refractivity contribution in [1.82, 2.24) is 5.01 Å². The van der Waals surface area contributed by atoms with E-state index in [0.717, 1.165) is 28.2 Å². The molecule has 1 aliphatic heterocycles. The van der Waals surface area contributed by atoms with E-state index in [2.05, 4.69) is 5.10 Å². The zero-order valence-corrected chi connectivity index (χ0v) is 16.1. The summed E-state index contributed by atoms with van der Waals surface area (Å²) in [5.74, 6) is 1.81. The first-order chi connectivity index (χ1) is 12.6. The van der Waals surface area contributed by atoms with E-state index in [0.29, 0.717) is 16.7 Å². The number of methoxy groups -OCH3 is 1. The highest BCUT2D eigenvalue weighted by Gasteiger charge is 2.25. The van der Waals surface area contributed by atoms with Gasteiger partial charge in [0.25, 0.3) is 5.91 Å². The largest absolute Gasteiger partial charge is 0.496 e. The number of para-hydroxylation sites is 1. The number of hydrogen-bond donors (Lipinski definition) is 0. The number of carbonyl (C=O) groups is 1. The number of nitrogens with zero attached hydrogens (tertiary/aromatic N) is 2. The third kappa shape index (κ3) is 4.23. The van der Waals surface area contributed by atoms with Gasteiger partial charge < -0.3 is 9.47 Å². The van der Waals surface area contributed by atoms with E-state index in [1.165, 1.54) is 16.8 Å². The van der Waals surface area contributed by atoms with Crippen LogP contribution in [-0.4, -0.2) is 34.3 Å². The lowest BCUT2D eigenvalue weighted by molar-refractivity contribution is -0.123. The molecule has 2 aromatic rings. The molecule has 1 fully saturated rings. The van der Waals surface area contributed by atoms with Gasteiger partial charge in [-0.05, 0) is 42.3 Å². The molecule has 1 saturated heterocycles. The number of thioether (sulfide) groups is 1.